The van der Waals surface area contributed by atoms with E-state index < -0.39 is 0 Å². The van der Waals surface area contributed by atoms with E-state index in [0.29, 0.717) is 6.04 Å². The highest BCUT2D eigenvalue weighted by Gasteiger charge is 2.22. The Morgan fingerprint density at radius 2 is 2.00 bits per heavy atom. The molecule has 1 aliphatic carbocycles. The maximum absolute atomic E-state index is 11.0. The van der Waals surface area contributed by atoms with Crippen molar-refractivity contribution in [2.45, 2.75) is 25.3 Å². The van der Waals surface area contributed by atoms with Gasteiger partial charge in [0.2, 0.25) is 11.8 Å². The highest BCUT2D eigenvalue weighted by atomic mass is 35.5. The Morgan fingerprint density at radius 1 is 1.31 bits per heavy atom. The number of hydrogen-bond donors (Lipinski definition) is 2. The fourth-order valence-electron chi connectivity index (χ4n) is 0.859. The molecule has 0 atom stereocenters. The van der Waals surface area contributed by atoms with E-state index >= 15 is 0 Å². The predicted octanol–water partition coefficient (Wildman–Crippen LogP) is 0.0101. The van der Waals surface area contributed by atoms with Crippen LogP contribution < -0.4 is 10.6 Å². The second kappa shape index (κ2) is 5.07. The van der Waals surface area contributed by atoms with E-state index in [-0.39, 0.29) is 30.7 Å². The van der Waals surface area contributed by atoms with Gasteiger partial charge in [0.05, 0.1) is 6.54 Å². The predicted molar refractivity (Wildman–Crippen MR) is 49.5 cm³/mol. The van der Waals surface area contributed by atoms with Crippen LogP contribution in [0.25, 0.3) is 0 Å². The molecule has 1 aliphatic rings. The van der Waals surface area contributed by atoms with E-state index in [1.54, 1.807) is 0 Å². The lowest BCUT2D eigenvalue weighted by Crippen LogP contribution is -2.37. The molecule has 74 valence electrons. The number of hydrogen-bond acceptors (Lipinski definition) is 2. The minimum absolute atomic E-state index is 0.0617. The summed E-state index contributed by atoms with van der Waals surface area (Å²) in [5.41, 5.74) is 0. The van der Waals surface area contributed by atoms with Crippen molar-refractivity contribution in [1.82, 2.24) is 10.6 Å². The Hall–Kier alpha value is -0.770. The van der Waals surface area contributed by atoms with Crippen molar-refractivity contribution in [3.63, 3.8) is 0 Å². The highest BCUT2D eigenvalue weighted by molar-refractivity contribution is 6.18. The number of carbonyl (C=O) groups is 2. The second-order valence-corrected chi connectivity index (χ2v) is 3.44. The monoisotopic (exact) mass is 204 g/mol. The molecule has 1 fully saturated rings. The number of rotatable bonds is 5. The summed E-state index contributed by atoms with van der Waals surface area (Å²) >= 11 is 5.34. The van der Waals surface area contributed by atoms with E-state index in [9.17, 15) is 9.59 Å². The minimum Gasteiger partial charge on any atom is -0.352 e. The first-order chi connectivity index (χ1) is 6.22. The summed E-state index contributed by atoms with van der Waals surface area (Å²) in [6, 6.07) is 0.345. The summed E-state index contributed by atoms with van der Waals surface area (Å²) in [4.78, 5) is 21.9. The van der Waals surface area contributed by atoms with Crippen LogP contribution in [0.15, 0.2) is 0 Å². The molecule has 0 aromatic carbocycles. The lowest BCUT2D eigenvalue weighted by atomic mass is 10.4. The van der Waals surface area contributed by atoms with Crippen LogP contribution in [-0.4, -0.2) is 30.3 Å². The Morgan fingerprint density at radius 3 is 2.54 bits per heavy atom. The first-order valence-electron chi connectivity index (χ1n) is 4.34. The van der Waals surface area contributed by atoms with Crippen molar-refractivity contribution in [1.29, 1.82) is 0 Å². The zero-order chi connectivity index (χ0) is 9.68. The van der Waals surface area contributed by atoms with E-state index in [0.717, 1.165) is 12.8 Å². The number of amides is 2. The van der Waals surface area contributed by atoms with Gasteiger partial charge in [-0.3, -0.25) is 9.59 Å². The van der Waals surface area contributed by atoms with Crippen LogP contribution in [-0.2, 0) is 9.59 Å². The molecule has 1 rings (SSSR count). The van der Waals surface area contributed by atoms with Crippen LogP contribution in [0.4, 0.5) is 0 Å². The van der Waals surface area contributed by atoms with Gasteiger partial charge >= 0.3 is 0 Å². The maximum Gasteiger partial charge on any atom is 0.239 e. The molecule has 0 unspecified atom stereocenters. The van der Waals surface area contributed by atoms with Crippen molar-refractivity contribution in [3.8, 4) is 0 Å². The summed E-state index contributed by atoms with van der Waals surface area (Å²) < 4.78 is 0. The van der Waals surface area contributed by atoms with Crippen LogP contribution in [0.3, 0.4) is 0 Å². The molecular formula is C8H13ClN2O2. The number of halogens is 1. The van der Waals surface area contributed by atoms with Gasteiger partial charge in [-0.1, -0.05) is 0 Å². The zero-order valence-electron chi connectivity index (χ0n) is 7.31. The van der Waals surface area contributed by atoms with Crippen molar-refractivity contribution in [2.75, 3.05) is 12.4 Å². The second-order valence-electron chi connectivity index (χ2n) is 3.06. The summed E-state index contributed by atoms with van der Waals surface area (Å²) in [5, 5.41) is 5.25. The molecule has 0 radical (unpaired) electrons. The normalized spacial score (nSPS) is 15.2. The fourth-order valence-corrected chi connectivity index (χ4v) is 1.03. The maximum atomic E-state index is 11.0. The molecule has 1 saturated carbocycles. The molecule has 4 nitrogen and oxygen atoms in total. The lowest BCUT2D eigenvalue weighted by molar-refractivity contribution is -0.125. The molecule has 0 aliphatic heterocycles. The molecule has 0 bridgehead atoms. The first kappa shape index (κ1) is 10.3. The zero-order valence-corrected chi connectivity index (χ0v) is 8.06. The third kappa shape index (κ3) is 4.72. The number of carbonyl (C=O) groups excluding carboxylic acids is 2. The van der Waals surface area contributed by atoms with Gasteiger partial charge in [-0.2, -0.15) is 0 Å². The summed E-state index contributed by atoms with van der Waals surface area (Å²) in [7, 11) is 0. The molecular weight excluding hydrogens is 192 g/mol. The van der Waals surface area contributed by atoms with Gasteiger partial charge in [-0.25, -0.2) is 0 Å². The summed E-state index contributed by atoms with van der Waals surface area (Å²) in [5.74, 6) is -0.0119. The fraction of sp³-hybridized carbons (Fsp3) is 0.750. The SMILES string of the molecule is O=C(CCCl)NCC(=O)NC1CC1. The molecule has 0 spiro atoms. The van der Waals surface area contributed by atoms with E-state index in [4.69, 9.17) is 11.6 Å². The quantitative estimate of drug-likeness (QED) is 0.620. The first-order valence-corrected chi connectivity index (χ1v) is 4.88. The highest BCUT2D eigenvalue weighted by Crippen LogP contribution is 2.18. The average molecular weight is 205 g/mol. The van der Waals surface area contributed by atoms with Gasteiger partial charge in [0, 0.05) is 18.3 Å². The molecule has 5 heteroatoms. The Bertz CT molecular complexity index is 204. The van der Waals surface area contributed by atoms with Crippen LogP contribution in [0, 0.1) is 0 Å². The molecule has 0 heterocycles. The van der Waals surface area contributed by atoms with Crippen LogP contribution in [0.1, 0.15) is 19.3 Å². The van der Waals surface area contributed by atoms with Gasteiger partial charge < -0.3 is 10.6 Å². The molecule has 2 amide bonds. The Balaban J connectivity index is 2.02. The van der Waals surface area contributed by atoms with E-state index in [1.807, 2.05) is 0 Å². The lowest BCUT2D eigenvalue weighted by Gasteiger charge is -2.04. The minimum atomic E-state index is -0.180. The molecule has 0 aromatic rings. The molecule has 0 aromatic heterocycles. The van der Waals surface area contributed by atoms with Gasteiger partial charge in [0.15, 0.2) is 0 Å². The Labute approximate surface area is 82.0 Å². The summed E-state index contributed by atoms with van der Waals surface area (Å²) in [6.45, 7) is 0.0617. The van der Waals surface area contributed by atoms with Gasteiger partial charge in [-0.05, 0) is 12.8 Å². The topological polar surface area (TPSA) is 58.2 Å². The molecule has 13 heavy (non-hydrogen) atoms. The largest absolute Gasteiger partial charge is 0.352 e. The van der Waals surface area contributed by atoms with Crippen LogP contribution in [0.2, 0.25) is 0 Å². The van der Waals surface area contributed by atoms with Crippen molar-refractivity contribution >= 4 is 23.4 Å². The van der Waals surface area contributed by atoms with Gasteiger partial charge in [-0.15, -0.1) is 11.6 Å². The Kier molecular flexibility index (Phi) is 4.02. The molecule has 2 N–H and O–H groups in total. The smallest absolute Gasteiger partial charge is 0.239 e. The van der Waals surface area contributed by atoms with Crippen LogP contribution >= 0.6 is 11.6 Å². The van der Waals surface area contributed by atoms with Gasteiger partial charge in [0.25, 0.3) is 0 Å². The van der Waals surface area contributed by atoms with Crippen molar-refractivity contribution < 1.29 is 9.59 Å². The average Bonchev–Trinajstić information content (AvgIpc) is 2.85. The van der Waals surface area contributed by atoms with E-state index in [1.165, 1.54) is 0 Å². The standard InChI is InChI=1S/C8H13ClN2O2/c9-4-3-7(12)10-5-8(13)11-6-1-2-6/h6H,1-5H2,(H,10,12)(H,11,13). The van der Waals surface area contributed by atoms with E-state index in [2.05, 4.69) is 10.6 Å². The molecule has 0 saturated heterocycles. The third-order valence-corrected chi connectivity index (χ3v) is 1.90. The summed E-state index contributed by atoms with van der Waals surface area (Å²) in [6.07, 6.45) is 2.38. The number of alkyl halides is 1. The number of nitrogens with one attached hydrogen (secondary N) is 2. The van der Waals surface area contributed by atoms with Crippen molar-refractivity contribution in [2.24, 2.45) is 0 Å². The van der Waals surface area contributed by atoms with Gasteiger partial charge in [0.1, 0.15) is 0 Å². The third-order valence-electron chi connectivity index (χ3n) is 1.71. The van der Waals surface area contributed by atoms with Crippen molar-refractivity contribution in [3.05, 3.63) is 0 Å². The van der Waals surface area contributed by atoms with Crippen LogP contribution in [0.5, 0.6) is 0 Å².